The number of aryl methyl sites for hydroxylation is 2. The first-order valence-electron chi connectivity index (χ1n) is 7.51. The van der Waals surface area contributed by atoms with Gasteiger partial charge in [0.05, 0.1) is 4.92 Å². The van der Waals surface area contributed by atoms with E-state index < -0.39 is 16.7 Å². The van der Waals surface area contributed by atoms with Gasteiger partial charge in [-0.3, -0.25) is 30.6 Å². The first-order chi connectivity index (χ1) is 12.3. The number of nitrogens with zero attached hydrogens (tertiary/aromatic N) is 1. The summed E-state index contributed by atoms with van der Waals surface area (Å²) in [6.45, 7) is 3.03. The van der Waals surface area contributed by atoms with Crippen molar-refractivity contribution in [2.24, 2.45) is 0 Å². The molecule has 0 aliphatic carbocycles. The number of halogens is 1. The Balaban J connectivity index is 1.86. The predicted molar refractivity (Wildman–Crippen MR) is 95.1 cm³/mol. The Morgan fingerprint density at radius 2 is 1.85 bits per heavy atom. The van der Waals surface area contributed by atoms with E-state index in [9.17, 15) is 19.7 Å². The van der Waals surface area contributed by atoms with E-state index in [1.54, 1.807) is 18.2 Å². The van der Waals surface area contributed by atoms with Crippen molar-refractivity contribution in [1.82, 2.24) is 10.9 Å². The molecule has 2 aromatic carbocycles. The molecule has 2 N–H and O–H groups in total. The third kappa shape index (κ3) is 4.93. The quantitative estimate of drug-likeness (QED) is 0.614. The van der Waals surface area contributed by atoms with Crippen LogP contribution in [-0.4, -0.2) is 23.3 Å². The number of hydrogen-bond acceptors (Lipinski definition) is 5. The molecule has 0 unspecified atom stereocenters. The van der Waals surface area contributed by atoms with Gasteiger partial charge < -0.3 is 4.74 Å². The third-order valence-electron chi connectivity index (χ3n) is 3.47. The molecule has 2 amide bonds. The largest absolute Gasteiger partial charge is 0.484 e. The number of carbonyl (C=O) groups is 2. The maximum Gasteiger partial charge on any atom is 0.276 e. The van der Waals surface area contributed by atoms with E-state index in [-0.39, 0.29) is 17.9 Å². The summed E-state index contributed by atoms with van der Waals surface area (Å²) in [5.41, 5.74) is 5.68. The van der Waals surface area contributed by atoms with E-state index in [2.05, 4.69) is 10.9 Å². The van der Waals surface area contributed by atoms with Gasteiger partial charge in [0.1, 0.15) is 5.75 Å². The maximum absolute atomic E-state index is 12.0. The molecule has 0 aliphatic heterocycles. The van der Waals surface area contributed by atoms with Crippen molar-refractivity contribution in [3.63, 3.8) is 0 Å². The van der Waals surface area contributed by atoms with E-state index in [1.807, 2.05) is 6.92 Å². The fourth-order valence-corrected chi connectivity index (χ4v) is 2.21. The van der Waals surface area contributed by atoms with Crippen molar-refractivity contribution in [2.45, 2.75) is 13.8 Å². The standard InChI is InChI=1S/C17H16ClN3O5/c1-10-8-13(4-5-14(10)18)26-9-16(22)19-20-17(23)12-3-6-15(21(24)25)11(2)7-12/h3-8H,9H2,1-2H3,(H,19,22)(H,20,23). The van der Waals surface area contributed by atoms with Crippen LogP contribution in [0.15, 0.2) is 36.4 Å². The van der Waals surface area contributed by atoms with Crippen LogP contribution in [0.2, 0.25) is 5.02 Å². The Labute approximate surface area is 154 Å². The highest BCUT2D eigenvalue weighted by molar-refractivity contribution is 6.31. The molecule has 0 aromatic heterocycles. The summed E-state index contributed by atoms with van der Waals surface area (Å²) in [5, 5.41) is 11.4. The van der Waals surface area contributed by atoms with Crippen molar-refractivity contribution < 1.29 is 19.2 Å². The second kappa shape index (κ2) is 8.30. The molecule has 9 heteroatoms. The molecule has 0 heterocycles. The van der Waals surface area contributed by atoms with Gasteiger partial charge in [-0.25, -0.2) is 0 Å². The third-order valence-corrected chi connectivity index (χ3v) is 3.89. The molecule has 0 saturated heterocycles. The predicted octanol–water partition coefficient (Wildman–Crippen LogP) is 2.71. The smallest absolute Gasteiger partial charge is 0.276 e. The Kier molecular flexibility index (Phi) is 6.13. The van der Waals surface area contributed by atoms with Gasteiger partial charge in [0.15, 0.2) is 6.61 Å². The lowest BCUT2D eigenvalue weighted by Gasteiger charge is -2.10. The van der Waals surface area contributed by atoms with Gasteiger partial charge in [-0.2, -0.15) is 0 Å². The number of nitro benzene ring substituents is 1. The van der Waals surface area contributed by atoms with Crippen LogP contribution in [0.3, 0.4) is 0 Å². The summed E-state index contributed by atoms with van der Waals surface area (Å²) in [5.74, 6) is -0.692. The van der Waals surface area contributed by atoms with Gasteiger partial charge in [0.2, 0.25) is 0 Å². The van der Waals surface area contributed by atoms with E-state index in [4.69, 9.17) is 16.3 Å². The number of amides is 2. The second-order valence-corrected chi connectivity index (χ2v) is 5.87. The summed E-state index contributed by atoms with van der Waals surface area (Å²) in [6, 6.07) is 8.88. The highest BCUT2D eigenvalue weighted by Crippen LogP contribution is 2.21. The molecular formula is C17H16ClN3O5. The van der Waals surface area contributed by atoms with E-state index in [0.717, 1.165) is 5.56 Å². The topological polar surface area (TPSA) is 111 Å². The molecule has 0 radical (unpaired) electrons. The van der Waals surface area contributed by atoms with Crippen LogP contribution < -0.4 is 15.6 Å². The maximum atomic E-state index is 12.0. The summed E-state index contributed by atoms with van der Waals surface area (Å²) in [4.78, 5) is 34.0. The lowest BCUT2D eigenvalue weighted by Crippen LogP contribution is -2.43. The Morgan fingerprint density at radius 1 is 1.12 bits per heavy atom. The van der Waals surface area contributed by atoms with E-state index in [0.29, 0.717) is 16.3 Å². The first kappa shape index (κ1) is 19.2. The number of nitro groups is 1. The van der Waals surface area contributed by atoms with Crippen molar-refractivity contribution in [2.75, 3.05) is 6.61 Å². The highest BCUT2D eigenvalue weighted by Gasteiger charge is 2.14. The number of ether oxygens (including phenoxy) is 1. The van der Waals surface area contributed by atoms with Gasteiger partial charge in [0, 0.05) is 22.2 Å². The second-order valence-electron chi connectivity index (χ2n) is 5.46. The molecule has 0 spiro atoms. The van der Waals surface area contributed by atoms with Crippen LogP contribution in [0.1, 0.15) is 21.5 Å². The van der Waals surface area contributed by atoms with Crippen molar-refractivity contribution >= 4 is 29.1 Å². The normalized spacial score (nSPS) is 10.1. The van der Waals surface area contributed by atoms with Gasteiger partial charge in [-0.1, -0.05) is 11.6 Å². The summed E-state index contributed by atoms with van der Waals surface area (Å²) in [6.07, 6.45) is 0. The van der Waals surface area contributed by atoms with Gasteiger partial charge in [0.25, 0.3) is 17.5 Å². The Morgan fingerprint density at radius 3 is 2.46 bits per heavy atom. The molecular weight excluding hydrogens is 362 g/mol. The molecule has 0 bridgehead atoms. The van der Waals surface area contributed by atoms with Crippen LogP contribution >= 0.6 is 11.6 Å². The highest BCUT2D eigenvalue weighted by atomic mass is 35.5. The Hall–Kier alpha value is -3.13. The zero-order valence-electron chi connectivity index (χ0n) is 14.0. The van der Waals surface area contributed by atoms with Gasteiger partial charge >= 0.3 is 0 Å². The van der Waals surface area contributed by atoms with Crippen LogP contribution in [0.5, 0.6) is 5.75 Å². The van der Waals surface area contributed by atoms with Gasteiger partial charge in [-0.15, -0.1) is 0 Å². The van der Waals surface area contributed by atoms with Gasteiger partial charge in [-0.05, 0) is 49.7 Å². The monoisotopic (exact) mass is 377 g/mol. The average Bonchev–Trinajstić information content (AvgIpc) is 2.60. The number of rotatable bonds is 5. The van der Waals surface area contributed by atoms with Crippen molar-refractivity contribution in [3.8, 4) is 5.75 Å². The first-order valence-corrected chi connectivity index (χ1v) is 7.89. The summed E-state index contributed by atoms with van der Waals surface area (Å²) in [7, 11) is 0. The number of hydrazine groups is 1. The molecule has 0 atom stereocenters. The van der Waals surface area contributed by atoms with E-state index in [1.165, 1.54) is 25.1 Å². The zero-order chi connectivity index (χ0) is 19.3. The summed E-state index contributed by atoms with van der Waals surface area (Å²) >= 11 is 5.90. The minimum absolute atomic E-state index is 0.0859. The fraction of sp³-hybridized carbons (Fsp3) is 0.176. The van der Waals surface area contributed by atoms with Crippen LogP contribution in [0.25, 0.3) is 0 Å². The zero-order valence-corrected chi connectivity index (χ0v) is 14.8. The lowest BCUT2D eigenvalue weighted by atomic mass is 10.1. The number of benzene rings is 2. The molecule has 26 heavy (non-hydrogen) atoms. The minimum Gasteiger partial charge on any atom is -0.484 e. The van der Waals surface area contributed by atoms with Crippen molar-refractivity contribution in [1.29, 1.82) is 0 Å². The molecule has 0 saturated carbocycles. The lowest BCUT2D eigenvalue weighted by molar-refractivity contribution is -0.385. The number of hydrogen-bond donors (Lipinski definition) is 2. The molecule has 136 valence electrons. The molecule has 8 nitrogen and oxygen atoms in total. The number of nitrogens with one attached hydrogen (secondary N) is 2. The van der Waals surface area contributed by atoms with Crippen molar-refractivity contribution in [3.05, 3.63) is 68.2 Å². The Bertz CT molecular complexity index is 869. The van der Waals surface area contributed by atoms with Crippen LogP contribution in [-0.2, 0) is 4.79 Å². The molecule has 2 rings (SSSR count). The molecule has 0 fully saturated rings. The average molecular weight is 378 g/mol. The van der Waals surface area contributed by atoms with Crippen LogP contribution in [0, 0.1) is 24.0 Å². The molecule has 2 aromatic rings. The van der Waals surface area contributed by atoms with Crippen LogP contribution in [0.4, 0.5) is 5.69 Å². The SMILES string of the molecule is Cc1cc(OCC(=O)NNC(=O)c2ccc([N+](=O)[O-])c(C)c2)ccc1Cl. The minimum atomic E-state index is -0.598. The molecule has 0 aliphatic rings. The number of carbonyl (C=O) groups excluding carboxylic acids is 2. The fourth-order valence-electron chi connectivity index (χ4n) is 2.09. The summed E-state index contributed by atoms with van der Waals surface area (Å²) < 4.78 is 5.31. The van der Waals surface area contributed by atoms with E-state index >= 15 is 0 Å².